The predicted molar refractivity (Wildman–Crippen MR) is 84.9 cm³/mol. The van der Waals surface area contributed by atoms with E-state index in [9.17, 15) is 9.59 Å². The van der Waals surface area contributed by atoms with E-state index in [1.165, 1.54) is 20.5 Å². The van der Waals surface area contributed by atoms with Crippen LogP contribution in [0.25, 0.3) is 0 Å². The van der Waals surface area contributed by atoms with Gasteiger partial charge in [-0.25, -0.2) is 4.68 Å². The number of amides is 2. The quantitative estimate of drug-likeness (QED) is 0.842. The van der Waals surface area contributed by atoms with Crippen molar-refractivity contribution in [1.82, 2.24) is 14.8 Å². The summed E-state index contributed by atoms with van der Waals surface area (Å²) >= 11 is 0. The SMILES string of the molecule is COc1ccc(OC)c(NC(=O)CC2Cn3ncnc3NC2=O)c1. The van der Waals surface area contributed by atoms with E-state index < -0.39 is 5.92 Å². The van der Waals surface area contributed by atoms with Gasteiger partial charge in [0.15, 0.2) is 0 Å². The van der Waals surface area contributed by atoms with E-state index in [-0.39, 0.29) is 18.2 Å². The number of nitrogens with zero attached hydrogens (tertiary/aromatic N) is 3. The van der Waals surface area contributed by atoms with E-state index in [0.29, 0.717) is 29.7 Å². The molecule has 24 heavy (non-hydrogen) atoms. The molecule has 0 fully saturated rings. The number of benzene rings is 1. The maximum Gasteiger partial charge on any atom is 0.232 e. The second-order valence-electron chi connectivity index (χ2n) is 5.27. The molecule has 2 heterocycles. The molecule has 9 nitrogen and oxygen atoms in total. The zero-order valence-corrected chi connectivity index (χ0v) is 13.3. The standard InChI is InChI=1S/C15H17N5O4/c1-23-10-3-4-12(24-2)11(6-10)18-13(21)5-9-7-20-15(16-8-17-20)19-14(9)22/h3-4,6,8-9H,5,7H2,1-2H3,(H,18,21)(H,16,17,19,22). The Bertz CT molecular complexity index is 773. The van der Waals surface area contributed by atoms with Crippen LogP contribution in [0.4, 0.5) is 11.6 Å². The first-order chi connectivity index (χ1) is 11.6. The van der Waals surface area contributed by atoms with Gasteiger partial charge in [0, 0.05) is 12.5 Å². The van der Waals surface area contributed by atoms with Crippen LogP contribution in [0.1, 0.15) is 6.42 Å². The highest BCUT2D eigenvalue weighted by Gasteiger charge is 2.29. The third-order valence-corrected chi connectivity index (χ3v) is 3.73. The van der Waals surface area contributed by atoms with Crippen molar-refractivity contribution in [2.75, 3.05) is 24.9 Å². The van der Waals surface area contributed by atoms with Gasteiger partial charge in [-0.1, -0.05) is 0 Å². The Kier molecular flexibility index (Phi) is 4.32. The molecule has 9 heteroatoms. The highest BCUT2D eigenvalue weighted by Crippen LogP contribution is 2.29. The van der Waals surface area contributed by atoms with Gasteiger partial charge >= 0.3 is 0 Å². The van der Waals surface area contributed by atoms with Crippen molar-refractivity contribution in [3.8, 4) is 11.5 Å². The van der Waals surface area contributed by atoms with Crippen molar-refractivity contribution in [2.24, 2.45) is 5.92 Å². The smallest absolute Gasteiger partial charge is 0.232 e. The molecule has 1 aliphatic rings. The predicted octanol–water partition coefficient (Wildman–Crippen LogP) is 0.892. The fourth-order valence-electron chi connectivity index (χ4n) is 2.49. The molecule has 0 aliphatic carbocycles. The van der Waals surface area contributed by atoms with Crippen molar-refractivity contribution in [2.45, 2.75) is 13.0 Å². The first-order valence-electron chi connectivity index (χ1n) is 7.31. The lowest BCUT2D eigenvalue weighted by Crippen LogP contribution is -2.36. The number of carbonyl (C=O) groups excluding carboxylic acids is 2. The number of methoxy groups -OCH3 is 2. The lowest BCUT2D eigenvalue weighted by molar-refractivity contribution is -0.126. The summed E-state index contributed by atoms with van der Waals surface area (Å²) in [5, 5.41) is 9.38. The summed E-state index contributed by atoms with van der Waals surface area (Å²) in [6, 6.07) is 5.09. The van der Waals surface area contributed by atoms with Crippen molar-refractivity contribution < 1.29 is 19.1 Å². The minimum atomic E-state index is -0.518. The van der Waals surface area contributed by atoms with Crippen LogP contribution in [-0.2, 0) is 16.1 Å². The molecule has 2 amide bonds. The molecule has 0 radical (unpaired) electrons. The molecule has 3 rings (SSSR count). The largest absolute Gasteiger partial charge is 0.497 e. The normalized spacial score (nSPS) is 16.1. The van der Waals surface area contributed by atoms with E-state index in [1.807, 2.05) is 0 Å². The number of anilines is 2. The minimum Gasteiger partial charge on any atom is -0.497 e. The molecule has 0 saturated heterocycles. The first kappa shape index (κ1) is 15.8. The van der Waals surface area contributed by atoms with E-state index in [2.05, 4.69) is 20.7 Å². The average molecular weight is 331 g/mol. The molecule has 1 aromatic carbocycles. The Morgan fingerprint density at radius 2 is 2.25 bits per heavy atom. The first-order valence-corrected chi connectivity index (χ1v) is 7.31. The number of nitrogens with one attached hydrogen (secondary N) is 2. The molecule has 1 atom stereocenters. The average Bonchev–Trinajstić information content (AvgIpc) is 3.02. The van der Waals surface area contributed by atoms with Gasteiger partial charge < -0.3 is 14.8 Å². The number of ether oxygens (including phenoxy) is 2. The van der Waals surface area contributed by atoms with Crippen molar-refractivity contribution in [1.29, 1.82) is 0 Å². The Labute approximate surface area is 138 Å². The molecule has 2 aromatic rings. The Hall–Kier alpha value is -3.10. The Morgan fingerprint density at radius 3 is 3.00 bits per heavy atom. The summed E-state index contributed by atoms with van der Waals surface area (Å²) in [7, 11) is 3.05. The van der Waals surface area contributed by atoms with E-state index in [1.54, 1.807) is 22.9 Å². The fourth-order valence-corrected chi connectivity index (χ4v) is 2.49. The van der Waals surface area contributed by atoms with Gasteiger partial charge in [-0.2, -0.15) is 10.1 Å². The summed E-state index contributed by atoms with van der Waals surface area (Å²) in [5.74, 6) is 0.431. The maximum atomic E-state index is 12.3. The Balaban J connectivity index is 1.69. The molecular formula is C15H17N5O4. The maximum absolute atomic E-state index is 12.3. The number of carbonyl (C=O) groups is 2. The molecule has 0 saturated carbocycles. The van der Waals surface area contributed by atoms with Gasteiger partial charge in [-0.05, 0) is 12.1 Å². The van der Waals surface area contributed by atoms with Crippen LogP contribution in [0.5, 0.6) is 11.5 Å². The van der Waals surface area contributed by atoms with E-state index in [0.717, 1.165) is 0 Å². The van der Waals surface area contributed by atoms with Gasteiger partial charge in [0.25, 0.3) is 0 Å². The topological polar surface area (TPSA) is 107 Å². The van der Waals surface area contributed by atoms with Crippen molar-refractivity contribution >= 4 is 23.5 Å². The van der Waals surface area contributed by atoms with Crippen LogP contribution < -0.4 is 20.1 Å². The molecule has 1 aliphatic heterocycles. The zero-order chi connectivity index (χ0) is 17.1. The summed E-state index contributed by atoms with van der Waals surface area (Å²) in [5.41, 5.74) is 0.486. The summed E-state index contributed by atoms with van der Waals surface area (Å²) in [4.78, 5) is 28.3. The summed E-state index contributed by atoms with van der Waals surface area (Å²) < 4.78 is 11.9. The van der Waals surface area contributed by atoms with Gasteiger partial charge in [-0.15, -0.1) is 0 Å². The van der Waals surface area contributed by atoms with Gasteiger partial charge in [0.1, 0.15) is 17.8 Å². The van der Waals surface area contributed by atoms with Crippen LogP contribution in [0, 0.1) is 5.92 Å². The number of aromatic nitrogens is 3. The van der Waals surface area contributed by atoms with E-state index >= 15 is 0 Å². The van der Waals surface area contributed by atoms with Crippen LogP contribution in [-0.4, -0.2) is 40.8 Å². The molecule has 1 unspecified atom stereocenters. The Morgan fingerprint density at radius 1 is 1.42 bits per heavy atom. The van der Waals surface area contributed by atoms with Crippen LogP contribution in [0.2, 0.25) is 0 Å². The molecule has 0 spiro atoms. The second-order valence-corrected chi connectivity index (χ2v) is 5.27. The van der Waals surface area contributed by atoms with Crippen molar-refractivity contribution in [3.63, 3.8) is 0 Å². The second kappa shape index (κ2) is 6.57. The third-order valence-electron chi connectivity index (χ3n) is 3.73. The highest BCUT2D eigenvalue weighted by molar-refractivity contribution is 5.98. The monoisotopic (exact) mass is 331 g/mol. The lowest BCUT2D eigenvalue weighted by Gasteiger charge is -2.22. The van der Waals surface area contributed by atoms with Gasteiger partial charge in [0.2, 0.25) is 17.8 Å². The fraction of sp³-hybridized carbons (Fsp3) is 0.333. The minimum absolute atomic E-state index is 0.0193. The highest BCUT2D eigenvalue weighted by atomic mass is 16.5. The van der Waals surface area contributed by atoms with E-state index in [4.69, 9.17) is 9.47 Å². The third kappa shape index (κ3) is 3.14. The summed E-state index contributed by atoms with van der Waals surface area (Å²) in [6.45, 7) is 0.309. The molecule has 1 aromatic heterocycles. The molecule has 2 N–H and O–H groups in total. The number of fused-ring (bicyclic) bond motifs is 1. The number of rotatable bonds is 5. The molecular weight excluding hydrogens is 314 g/mol. The van der Waals surface area contributed by atoms with Crippen LogP contribution in [0.3, 0.4) is 0 Å². The summed E-state index contributed by atoms with van der Waals surface area (Å²) in [6.07, 6.45) is 1.38. The van der Waals surface area contributed by atoms with Gasteiger partial charge in [0.05, 0.1) is 32.4 Å². The van der Waals surface area contributed by atoms with Gasteiger partial charge in [-0.3, -0.25) is 14.9 Å². The molecule has 126 valence electrons. The number of hydrogen-bond acceptors (Lipinski definition) is 6. The number of hydrogen-bond donors (Lipinski definition) is 2. The van der Waals surface area contributed by atoms with Crippen LogP contribution >= 0.6 is 0 Å². The zero-order valence-electron chi connectivity index (χ0n) is 13.3. The van der Waals surface area contributed by atoms with Crippen molar-refractivity contribution in [3.05, 3.63) is 24.5 Å². The van der Waals surface area contributed by atoms with Crippen LogP contribution in [0.15, 0.2) is 24.5 Å². The lowest BCUT2D eigenvalue weighted by atomic mass is 10.0. The molecule has 0 bridgehead atoms.